The summed E-state index contributed by atoms with van der Waals surface area (Å²) in [6.45, 7) is 0. The Morgan fingerprint density at radius 3 is 2.77 bits per heavy atom. The van der Waals surface area contributed by atoms with E-state index in [1.807, 2.05) is 10.8 Å². The number of carbonyl (C=O) groups excluding carboxylic acids is 1. The lowest BCUT2D eigenvalue weighted by Gasteiger charge is -1.94. The Morgan fingerprint density at radius 2 is 2.15 bits per heavy atom. The first-order valence-corrected chi connectivity index (χ1v) is 4.66. The van der Waals surface area contributed by atoms with Crippen molar-refractivity contribution in [2.75, 3.05) is 0 Å². The number of thiophene rings is 1. The van der Waals surface area contributed by atoms with Gasteiger partial charge in [0.05, 0.1) is 12.4 Å². The highest BCUT2D eigenvalue weighted by Crippen LogP contribution is 2.11. The van der Waals surface area contributed by atoms with Gasteiger partial charge in [-0.1, -0.05) is 0 Å². The highest BCUT2D eigenvalue weighted by molar-refractivity contribution is 7.08. The van der Waals surface area contributed by atoms with E-state index in [4.69, 9.17) is 0 Å². The van der Waals surface area contributed by atoms with E-state index in [0.717, 1.165) is 0 Å². The summed E-state index contributed by atoms with van der Waals surface area (Å²) in [5.41, 5.74) is 1.28. The van der Waals surface area contributed by atoms with Crippen molar-refractivity contribution in [3.63, 3.8) is 0 Å². The topological polar surface area (TPSA) is 42.9 Å². The molecule has 0 aromatic carbocycles. The zero-order chi connectivity index (χ0) is 9.10. The number of carbonyl (C=O) groups is 1. The zero-order valence-corrected chi connectivity index (χ0v) is 7.49. The van der Waals surface area contributed by atoms with E-state index in [1.165, 1.54) is 23.7 Å². The fourth-order valence-corrected chi connectivity index (χ4v) is 1.62. The Hall–Kier alpha value is -1.55. The molecule has 0 N–H and O–H groups in total. The van der Waals surface area contributed by atoms with Crippen LogP contribution in [0.2, 0.25) is 0 Å². The lowest BCUT2D eigenvalue weighted by Crippen LogP contribution is -2.00. The molecule has 2 aromatic rings. The molecule has 64 valence electrons. The maximum absolute atomic E-state index is 11.6. The molecule has 0 aliphatic rings. The van der Waals surface area contributed by atoms with Gasteiger partial charge in [-0.25, -0.2) is 0 Å². The fourth-order valence-electron chi connectivity index (χ4n) is 0.985. The lowest BCUT2D eigenvalue weighted by molar-refractivity contribution is 0.103. The third-order valence-electron chi connectivity index (χ3n) is 1.63. The van der Waals surface area contributed by atoms with Crippen molar-refractivity contribution in [1.82, 2.24) is 10.2 Å². The van der Waals surface area contributed by atoms with E-state index < -0.39 is 0 Å². The van der Waals surface area contributed by atoms with E-state index in [0.29, 0.717) is 11.1 Å². The van der Waals surface area contributed by atoms with Crippen LogP contribution in [0.5, 0.6) is 0 Å². The summed E-state index contributed by atoms with van der Waals surface area (Å²) in [5.74, 6) is -0.00356. The molecule has 13 heavy (non-hydrogen) atoms. The highest BCUT2D eigenvalue weighted by atomic mass is 32.1. The first-order valence-electron chi connectivity index (χ1n) is 3.71. The third kappa shape index (κ3) is 1.62. The molecule has 0 spiro atoms. The molecular weight excluding hydrogens is 184 g/mol. The molecule has 0 atom stereocenters. The van der Waals surface area contributed by atoms with Crippen LogP contribution in [-0.4, -0.2) is 16.0 Å². The summed E-state index contributed by atoms with van der Waals surface area (Å²) >= 11 is 1.51. The van der Waals surface area contributed by atoms with E-state index in [9.17, 15) is 4.79 Å². The lowest BCUT2D eigenvalue weighted by atomic mass is 10.1. The predicted octanol–water partition coefficient (Wildman–Crippen LogP) is 1.77. The Labute approximate surface area is 79.1 Å². The van der Waals surface area contributed by atoms with E-state index in [1.54, 1.807) is 12.1 Å². The fraction of sp³-hybridized carbons (Fsp3) is 0. The second kappa shape index (κ2) is 3.45. The standard InChI is InChI=1S/C9H6N2OS/c12-9(8-2-4-13-6-8)7-1-3-10-11-5-7/h1-6H. The van der Waals surface area contributed by atoms with Crippen molar-refractivity contribution in [3.05, 3.63) is 46.4 Å². The average Bonchev–Trinajstić information content (AvgIpc) is 2.71. The van der Waals surface area contributed by atoms with Gasteiger partial charge in [0, 0.05) is 16.5 Å². The number of aromatic nitrogens is 2. The second-order valence-electron chi connectivity index (χ2n) is 2.47. The largest absolute Gasteiger partial charge is 0.289 e. The number of hydrogen-bond donors (Lipinski definition) is 0. The summed E-state index contributed by atoms with van der Waals surface area (Å²) in [6.07, 6.45) is 2.99. The second-order valence-corrected chi connectivity index (χ2v) is 3.25. The molecule has 2 rings (SSSR count). The molecule has 2 heterocycles. The van der Waals surface area contributed by atoms with E-state index in [-0.39, 0.29) is 5.78 Å². The van der Waals surface area contributed by atoms with Crippen LogP contribution in [0.4, 0.5) is 0 Å². The smallest absolute Gasteiger partial charge is 0.195 e. The SMILES string of the molecule is O=C(c1ccnnc1)c1ccsc1. The number of ketones is 1. The Balaban J connectivity index is 2.34. The molecule has 0 radical (unpaired) electrons. The van der Waals surface area contributed by atoms with Gasteiger partial charge in [-0.05, 0) is 17.5 Å². The highest BCUT2D eigenvalue weighted by Gasteiger charge is 2.08. The van der Waals surface area contributed by atoms with Crippen molar-refractivity contribution >= 4 is 17.1 Å². The zero-order valence-electron chi connectivity index (χ0n) is 6.68. The summed E-state index contributed by atoms with van der Waals surface area (Å²) in [4.78, 5) is 11.6. The summed E-state index contributed by atoms with van der Waals surface area (Å²) < 4.78 is 0. The summed E-state index contributed by atoms with van der Waals surface area (Å²) in [7, 11) is 0. The molecular formula is C9H6N2OS. The van der Waals surface area contributed by atoms with Gasteiger partial charge in [0.15, 0.2) is 5.78 Å². The quantitative estimate of drug-likeness (QED) is 0.678. The van der Waals surface area contributed by atoms with Gasteiger partial charge in [0.1, 0.15) is 0 Å². The van der Waals surface area contributed by atoms with Crippen LogP contribution in [0.15, 0.2) is 35.3 Å². The van der Waals surface area contributed by atoms with Gasteiger partial charge in [-0.2, -0.15) is 21.5 Å². The van der Waals surface area contributed by atoms with Crippen LogP contribution in [0.1, 0.15) is 15.9 Å². The Bertz CT molecular complexity index is 397. The summed E-state index contributed by atoms with van der Waals surface area (Å²) in [6, 6.07) is 3.46. The molecule has 0 bridgehead atoms. The van der Waals surface area contributed by atoms with Crippen LogP contribution >= 0.6 is 11.3 Å². The van der Waals surface area contributed by atoms with Gasteiger partial charge < -0.3 is 0 Å². The van der Waals surface area contributed by atoms with Crippen LogP contribution in [0, 0.1) is 0 Å². The van der Waals surface area contributed by atoms with Crippen LogP contribution in [0.3, 0.4) is 0 Å². The van der Waals surface area contributed by atoms with Crippen LogP contribution in [-0.2, 0) is 0 Å². The average molecular weight is 190 g/mol. The van der Waals surface area contributed by atoms with Gasteiger partial charge in [0.2, 0.25) is 0 Å². The van der Waals surface area contributed by atoms with Crippen molar-refractivity contribution in [2.24, 2.45) is 0 Å². The van der Waals surface area contributed by atoms with Crippen LogP contribution in [0.25, 0.3) is 0 Å². The first kappa shape index (κ1) is 8.07. The van der Waals surface area contributed by atoms with Gasteiger partial charge in [0.25, 0.3) is 0 Å². The maximum Gasteiger partial charge on any atom is 0.195 e. The van der Waals surface area contributed by atoms with E-state index in [2.05, 4.69) is 10.2 Å². The minimum Gasteiger partial charge on any atom is -0.289 e. The molecule has 0 saturated carbocycles. The maximum atomic E-state index is 11.6. The normalized spacial score (nSPS) is 9.85. The predicted molar refractivity (Wildman–Crippen MR) is 49.8 cm³/mol. The van der Waals surface area contributed by atoms with Crippen molar-refractivity contribution < 1.29 is 4.79 Å². The molecule has 0 aliphatic carbocycles. The van der Waals surface area contributed by atoms with Crippen molar-refractivity contribution in [2.45, 2.75) is 0 Å². The molecule has 0 fully saturated rings. The molecule has 2 aromatic heterocycles. The number of hydrogen-bond acceptors (Lipinski definition) is 4. The molecule has 3 nitrogen and oxygen atoms in total. The molecule has 4 heteroatoms. The molecule has 0 saturated heterocycles. The number of nitrogens with zero attached hydrogens (tertiary/aromatic N) is 2. The van der Waals surface area contributed by atoms with E-state index >= 15 is 0 Å². The van der Waals surface area contributed by atoms with Gasteiger partial charge >= 0.3 is 0 Å². The molecule has 0 unspecified atom stereocenters. The molecule has 0 aliphatic heterocycles. The van der Waals surface area contributed by atoms with Gasteiger partial charge in [-0.15, -0.1) is 0 Å². The van der Waals surface area contributed by atoms with Crippen LogP contribution < -0.4 is 0 Å². The van der Waals surface area contributed by atoms with Gasteiger partial charge in [-0.3, -0.25) is 4.79 Å². The summed E-state index contributed by atoms with van der Waals surface area (Å²) in [5, 5.41) is 11.0. The monoisotopic (exact) mass is 190 g/mol. The minimum absolute atomic E-state index is 0.00356. The third-order valence-corrected chi connectivity index (χ3v) is 2.31. The number of rotatable bonds is 2. The molecule has 0 amide bonds. The Kier molecular flexibility index (Phi) is 2.14. The van der Waals surface area contributed by atoms with Crippen molar-refractivity contribution in [1.29, 1.82) is 0 Å². The minimum atomic E-state index is -0.00356. The Morgan fingerprint density at radius 1 is 1.23 bits per heavy atom. The first-order chi connectivity index (χ1) is 6.38. The van der Waals surface area contributed by atoms with Crippen molar-refractivity contribution in [3.8, 4) is 0 Å².